The molecule has 456 valence electrons. The Morgan fingerprint density at radius 1 is 0.629 bits per heavy atom. The van der Waals surface area contributed by atoms with Gasteiger partial charge in [0.2, 0.25) is 29.4 Å². The van der Waals surface area contributed by atoms with E-state index < -0.39 is 126 Å². The molecule has 28 heteroatoms. The number of aliphatic hydroxyl groups excluding tert-OH is 4. The number of carbonyl (C=O) groups is 4. The lowest BCUT2D eigenvalue weighted by Gasteiger charge is -2.30. The molecule has 2 amide bonds. The molecule has 0 saturated heterocycles. The number of phenolic OH excluding ortho intramolecular Hbond substituents is 5. The predicted molar refractivity (Wildman–Crippen MR) is 333 cm³/mol. The molecule has 7 aromatic carbocycles. The van der Waals surface area contributed by atoms with Crippen molar-refractivity contribution in [3.8, 4) is 51.4 Å². The second-order valence-corrected chi connectivity index (χ2v) is 22.9. The summed E-state index contributed by atoms with van der Waals surface area (Å²) in [6, 6.07) is 13.7. The Hall–Kier alpha value is -9.42. The Balaban J connectivity index is 1.22. The zero-order chi connectivity index (χ0) is 64.0. The Bertz CT molecular complexity index is 4280. The number of carboxylic acids is 1. The molecule has 0 fully saturated rings. The number of carboxylic acid groups (broad SMARTS) is 1. The molecule has 6 unspecified atom stereocenters. The summed E-state index contributed by atoms with van der Waals surface area (Å²) in [4.78, 5) is 77.8. The first-order valence-electron chi connectivity index (χ1n) is 26.2. The SMILES string of the molecule is CN1C(=O)C(c2cc(Cl)c(O)c(Cl)c2)N=C(O)C2N=C(O)C(c3cc(Cl)c(O)c(Cl)c3)N=C(O)C(NC(=O)C(=O)c3cc(Cl)c(O)c(Cl)c3)Cc3c[nH]c4cc(ccc34)-c3cc2cc(c3O)Oc2ccc(cc2)CC1C(O)=NC(C(=O)O)c1ccc(O)cc1. The summed E-state index contributed by atoms with van der Waals surface area (Å²) in [5.74, 6) is -12.0. The molecule has 4 aliphatic heterocycles. The van der Waals surface area contributed by atoms with Gasteiger partial charge in [0, 0.05) is 48.1 Å². The third-order valence-corrected chi connectivity index (χ3v) is 16.4. The molecule has 6 atom stereocenters. The van der Waals surface area contributed by atoms with Gasteiger partial charge in [-0.15, -0.1) is 0 Å². The van der Waals surface area contributed by atoms with E-state index >= 15 is 4.79 Å². The largest absolute Gasteiger partial charge is 0.508 e. The normalized spacial score (nSPS) is 18.5. The lowest BCUT2D eigenvalue weighted by atomic mass is 9.95. The summed E-state index contributed by atoms with van der Waals surface area (Å²) in [6.45, 7) is 0. The van der Waals surface area contributed by atoms with Crippen LogP contribution in [0.5, 0.6) is 40.2 Å². The first-order valence-corrected chi connectivity index (χ1v) is 28.5. The fourth-order valence-corrected chi connectivity index (χ4v) is 11.5. The van der Waals surface area contributed by atoms with Gasteiger partial charge < -0.3 is 71.0 Å². The topological polar surface area (TPSA) is 360 Å². The van der Waals surface area contributed by atoms with Gasteiger partial charge in [-0.05, 0) is 118 Å². The number of halogens is 6. The number of phenols is 5. The second kappa shape index (κ2) is 25.4. The quantitative estimate of drug-likeness (QED) is 0.0276. The van der Waals surface area contributed by atoms with Crippen LogP contribution in [-0.4, -0.2) is 127 Å². The zero-order valence-corrected chi connectivity index (χ0v) is 50.0. The third-order valence-electron chi connectivity index (χ3n) is 14.6. The van der Waals surface area contributed by atoms with Crippen LogP contribution in [-0.2, 0) is 27.2 Å². The minimum Gasteiger partial charge on any atom is -0.508 e. The molecule has 0 radical (unpaired) electrons. The second-order valence-electron chi connectivity index (χ2n) is 20.4. The van der Waals surface area contributed by atoms with Crippen LogP contribution >= 0.6 is 69.6 Å². The summed E-state index contributed by atoms with van der Waals surface area (Å²) in [6.07, 6.45) is 0.893. The van der Waals surface area contributed by atoms with E-state index in [-0.39, 0.29) is 73.5 Å². The minimum absolute atomic E-state index is 0.0179. The average Bonchev–Trinajstić information content (AvgIpc) is 1.98. The van der Waals surface area contributed by atoms with E-state index in [9.17, 15) is 65.4 Å². The number of amides is 2. The maximum atomic E-state index is 15.5. The summed E-state index contributed by atoms with van der Waals surface area (Å²) in [5, 5.41) is 115. The standard InChI is InChI=1S/C61H45Cl6N7O15/c1-74-44(56(82)73-49(61(87)88)25-4-7-32(75)8-5-25)12-24-2-9-33(10-3-24)89-45-22-27-13-35(51(45)77)26-6-11-34-31(23-68-42(34)20-26)21-43(69-59(85)50(76)30-18-40(66)54(80)41(67)19-30)55(81)70-47(28-14-36(62)52(78)37(63)15-28)57(83)71-46(27)58(84)72-48(60(74)86)29-16-38(64)53(79)39(65)17-29/h2-11,13-20,22-23,43-44,46-49,68,75,77-80H,12,21H2,1H3,(H,69,85)(H,70,81)(H,71,83)(H,72,84)(H,73,82)(H,87,88). The number of aliphatic imine (C=N–C) groups is 4. The number of benzene rings is 7. The summed E-state index contributed by atoms with van der Waals surface area (Å²) < 4.78 is 6.39. The number of likely N-dealkylation sites (N-methyl/N-ethyl adjacent to an activating group) is 1. The fraction of sp³-hybridized carbons (Fsp3) is 0.148. The highest BCUT2D eigenvalue weighted by Gasteiger charge is 2.37. The molecule has 89 heavy (non-hydrogen) atoms. The van der Waals surface area contributed by atoms with E-state index in [2.05, 4.69) is 30.3 Å². The number of fused-ring (bicyclic) bond motifs is 12. The van der Waals surface area contributed by atoms with Gasteiger partial charge in [-0.1, -0.05) is 106 Å². The number of hydrogen-bond donors (Lipinski definition) is 12. The molecular weight excluding hydrogens is 1280 g/mol. The van der Waals surface area contributed by atoms with Gasteiger partial charge in [-0.2, -0.15) is 0 Å². The van der Waals surface area contributed by atoms with Crippen LogP contribution < -0.4 is 10.1 Å². The van der Waals surface area contributed by atoms with Crippen LogP contribution in [0.1, 0.15) is 67.9 Å². The highest BCUT2D eigenvalue weighted by molar-refractivity contribution is 6.45. The number of carbonyl (C=O) groups excluding carboxylic acids is 3. The van der Waals surface area contributed by atoms with E-state index in [1.807, 2.05) is 0 Å². The number of nitrogens with one attached hydrogen (secondary N) is 2. The lowest BCUT2D eigenvalue weighted by Crippen LogP contribution is -2.46. The Morgan fingerprint density at radius 2 is 1.16 bits per heavy atom. The molecule has 8 aromatic rings. The number of nitrogens with zero attached hydrogens (tertiary/aromatic N) is 5. The van der Waals surface area contributed by atoms with Crippen molar-refractivity contribution in [2.75, 3.05) is 7.05 Å². The van der Waals surface area contributed by atoms with E-state index in [0.717, 1.165) is 41.3 Å². The van der Waals surface area contributed by atoms with Crippen molar-refractivity contribution in [2.45, 2.75) is 49.1 Å². The van der Waals surface area contributed by atoms with Crippen molar-refractivity contribution < 1.29 is 75.0 Å². The summed E-state index contributed by atoms with van der Waals surface area (Å²) in [5.41, 5.74) is 0.629. The highest BCUT2D eigenvalue weighted by Crippen LogP contribution is 2.46. The zero-order valence-electron chi connectivity index (χ0n) is 45.4. The number of aromatic hydroxyl groups is 5. The van der Waals surface area contributed by atoms with Gasteiger partial charge in [0.1, 0.15) is 23.6 Å². The van der Waals surface area contributed by atoms with Crippen LogP contribution in [0.15, 0.2) is 141 Å². The Labute approximate surface area is 532 Å². The molecule has 9 bridgehead atoms. The number of hydrogen-bond acceptors (Lipinski definition) is 14. The van der Waals surface area contributed by atoms with Gasteiger partial charge in [-0.3, -0.25) is 14.4 Å². The number of aliphatic hydroxyl groups is 4. The molecule has 5 heterocycles. The van der Waals surface area contributed by atoms with E-state index in [1.165, 1.54) is 61.8 Å². The maximum absolute atomic E-state index is 15.5. The third kappa shape index (κ3) is 13.0. The average molecular weight is 1330 g/mol. The number of aromatic nitrogens is 1. The molecular formula is C61H45Cl6N7O15. The number of rotatable bonds is 9. The smallest absolute Gasteiger partial charge is 0.333 e. The molecule has 22 nitrogen and oxygen atoms in total. The number of ketones is 1. The predicted octanol–water partition coefficient (Wildman–Crippen LogP) is 12.6. The first-order chi connectivity index (χ1) is 42.2. The van der Waals surface area contributed by atoms with E-state index in [4.69, 9.17) is 74.3 Å². The fourth-order valence-electron chi connectivity index (χ4n) is 9.97. The molecule has 12 rings (SSSR count). The Kier molecular flexibility index (Phi) is 17.8. The van der Waals surface area contributed by atoms with Crippen molar-refractivity contribution >= 4 is 128 Å². The number of Topliss-reactive ketones (excluding diaryl/α,β-unsaturated/α-hetero) is 1. The maximum Gasteiger partial charge on any atom is 0.333 e. The van der Waals surface area contributed by atoms with Crippen molar-refractivity contribution in [1.82, 2.24) is 15.2 Å². The molecule has 4 aliphatic rings. The van der Waals surface area contributed by atoms with Crippen molar-refractivity contribution in [3.05, 3.63) is 191 Å². The van der Waals surface area contributed by atoms with Crippen LogP contribution in [0.2, 0.25) is 30.1 Å². The van der Waals surface area contributed by atoms with Crippen molar-refractivity contribution in [1.29, 1.82) is 0 Å². The number of aromatic amines is 1. The molecule has 12 N–H and O–H groups in total. The summed E-state index contributed by atoms with van der Waals surface area (Å²) >= 11 is 38.1. The van der Waals surface area contributed by atoms with Gasteiger partial charge in [0.05, 0.1) is 30.1 Å². The number of ether oxygens (including phenoxy) is 1. The molecule has 1 aromatic heterocycles. The molecule has 0 spiro atoms. The number of H-pyrrole nitrogens is 1. The van der Waals surface area contributed by atoms with Crippen LogP contribution in [0, 0.1) is 0 Å². The van der Waals surface area contributed by atoms with Gasteiger partial charge in [-0.25, -0.2) is 24.8 Å². The van der Waals surface area contributed by atoms with Gasteiger partial charge >= 0.3 is 5.97 Å². The first kappa shape index (κ1) is 62.6. The van der Waals surface area contributed by atoms with Crippen molar-refractivity contribution in [2.24, 2.45) is 20.0 Å². The van der Waals surface area contributed by atoms with Gasteiger partial charge in [0.15, 0.2) is 52.9 Å². The van der Waals surface area contributed by atoms with Crippen LogP contribution in [0.3, 0.4) is 0 Å². The molecule has 0 aliphatic carbocycles. The van der Waals surface area contributed by atoms with Crippen LogP contribution in [0.4, 0.5) is 0 Å². The van der Waals surface area contributed by atoms with Gasteiger partial charge in [0.25, 0.3) is 11.8 Å². The Morgan fingerprint density at radius 3 is 1.73 bits per heavy atom. The summed E-state index contributed by atoms with van der Waals surface area (Å²) in [7, 11) is 1.21. The highest BCUT2D eigenvalue weighted by atomic mass is 35.5. The number of aliphatic carboxylic acids is 1. The van der Waals surface area contributed by atoms with E-state index in [1.54, 1.807) is 30.3 Å². The minimum atomic E-state index is -2.07. The lowest BCUT2D eigenvalue weighted by molar-refractivity contribution is -0.138. The van der Waals surface area contributed by atoms with Crippen molar-refractivity contribution in [3.63, 3.8) is 0 Å². The van der Waals surface area contributed by atoms with Crippen LogP contribution in [0.25, 0.3) is 22.0 Å². The monoisotopic (exact) mass is 1330 g/mol. The molecule has 0 saturated carbocycles. The van der Waals surface area contributed by atoms with E-state index in [0.29, 0.717) is 27.6 Å².